The molecule has 2 aromatic carbocycles. The van der Waals surface area contributed by atoms with Crippen LogP contribution in [0.1, 0.15) is 33.6 Å². The minimum atomic E-state index is -0.558. The SMILES string of the molecule is O=C(c1ccccc1)C1CCN(C(=O)c2cc([N+](=O)[O-])ccc2Cl)CC1. The molecule has 0 unspecified atom stereocenters. The van der Waals surface area contributed by atoms with Gasteiger partial charge in [0.25, 0.3) is 11.6 Å². The number of hydrogen-bond acceptors (Lipinski definition) is 4. The molecule has 6 nitrogen and oxygen atoms in total. The fraction of sp³-hybridized carbons (Fsp3) is 0.263. The number of hydrogen-bond donors (Lipinski definition) is 0. The van der Waals surface area contributed by atoms with E-state index in [1.54, 1.807) is 17.0 Å². The summed E-state index contributed by atoms with van der Waals surface area (Å²) >= 11 is 6.05. The van der Waals surface area contributed by atoms with Crippen LogP contribution in [0.3, 0.4) is 0 Å². The lowest BCUT2D eigenvalue weighted by molar-refractivity contribution is -0.384. The molecule has 0 saturated carbocycles. The Morgan fingerprint density at radius 2 is 1.73 bits per heavy atom. The Bertz CT molecular complexity index is 846. The minimum Gasteiger partial charge on any atom is -0.339 e. The van der Waals surface area contributed by atoms with Gasteiger partial charge >= 0.3 is 0 Å². The van der Waals surface area contributed by atoms with Crippen molar-refractivity contribution >= 4 is 29.0 Å². The molecule has 0 spiro atoms. The second kappa shape index (κ2) is 7.66. The highest BCUT2D eigenvalue weighted by molar-refractivity contribution is 6.33. The first-order chi connectivity index (χ1) is 12.5. The summed E-state index contributed by atoms with van der Waals surface area (Å²) in [6, 6.07) is 12.9. The Morgan fingerprint density at radius 3 is 2.35 bits per heavy atom. The maximum atomic E-state index is 12.7. The summed E-state index contributed by atoms with van der Waals surface area (Å²) in [5.41, 5.74) is 0.625. The molecule has 1 fully saturated rings. The van der Waals surface area contributed by atoms with Gasteiger partial charge in [-0.25, -0.2) is 0 Å². The largest absolute Gasteiger partial charge is 0.339 e. The first-order valence-corrected chi connectivity index (χ1v) is 8.67. The minimum absolute atomic E-state index is 0.0890. The molecule has 0 radical (unpaired) electrons. The van der Waals surface area contributed by atoms with E-state index in [0.29, 0.717) is 31.5 Å². The number of carbonyl (C=O) groups is 2. The van der Waals surface area contributed by atoms with Gasteiger partial charge in [0.05, 0.1) is 15.5 Å². The van der Waals surface area contributed by atoms with Crippen LogP contribution in [-0.2, 0) is 0 Å². The molecule has 26 heavy (non-hydrogen) atoms. The summed E-state index contributed by atoms with van der Waals surface area (Å²) in [5.74, 6) is -0.377. The summed E-state index contributed by atoms with van der Waals surface area (Å²) in [6.07, 6.45) is 1.12. The molecule has 1 saturated heterocycles. The van der Waals surface area contributed by atoms with Crippen LogP contribution in [0.2, 0.25) is 5.02 Å². The van der Waals surface area contributed by atoms with Gasteiger partial charge < -0.3 is 4.90 Å². The molecule has 0 bridgehead atoms. The number of benzene rings is 2. The maximum Gasteiger partial charge on any atom is 0.270 e. The number of non-ortho nitro benzene ring substituents is 1. The number of likely N-dealkylation sites (tertiary alicyclic amines) is 1. The molecule has 0 atom stereocenters. The van der Waals surface area contributed by atoms with Crippen molar-refractivity contribution in [2.24, 2.45) is 5.92 Å². The lowest BCUT2D eigenvalue weighted by atomic mass is 9.88. The molecule has 1 heterocycles. The number of carbonyl (C=O) groups excluding carboxylic acids is 2. The average molecular weight is 373 g/mol. The number of nitrogens with zero attached hydrogens (tertiary/aromatic N) is 2. The highest BCUT2D eigenvalue weighted by Crippen LogP contribution is 2.27. The van der Waals surface area contributed by atoms with Crippen molar-refractivity contribution in [1.82, 2.24) is 4.90 Å². The van der Waals surface area contributed by atoms with Crippen LogP contribution in [0.5, 0.6) is 0 Å². The molecular weight excluding hydrogens is 356 g/mol. The number of piperidine rings is 1. The first kappa shape index (κ1) is 18.1. The third-order valence-corrected chi connectivity index (χ3v) is 4.93. The van der Waals surface area contributed by atoms with Gasteiger partial charge in [-0.05, 0) is 18.9 Å². The Morgan fingerprint density at radius 1 is 1.08 bits per heavy atom. The van der Waals surface area contributed by atoms with Crippen LogP contribution in [0, 0.1) is 16.0 Å². The summed E-state index contributed by atoms with van der Waals surface area (Å²) < 4.78 is 0. The van der Waals surface area contributed by atoms with E-state index in [1.165, 1.54) is 18.2 Å². The lowest BCUT2D eigenvalue weighted by Gasteiger charge is -2.31. The quantitative estimate of drug-likeness (QED) is 0.461. The first-order valence-electron chi connectivity index (χ1n) is 8.30. The fourth-order valence-electron chi connectivity index (χ4n) is 3.14. The van der Waals surface area contributed by atoms with Crippen molar-refractivity contribution in [2.45, 2.75) is 12.8 Å². The molecule has 1 amide bonds. The van der Waals surface area contributed by atoms with E-state index in [-0.39, 0.29) is 33.9 Å². The summed E-state index contributed by atoms with van der Waals surface area (Å²) in [5, 5.41) is 11.1. The highest BCUT2D eigenvalue weighted by Gasteiger charge is 2.29. The zero-order valence-corrected chi connectivity index (χ0v) is 14.7. The normalized spacial score (nSPS) is 14.9. The highest BCUT2D eigenvalue weighted by atomic mass is 35.5. The van der Waals surface area contributed by atoms with E-state index < -0.39 is 4.92 Å². The number of Topliss-reactive ketones (excluding diaryl/α,β-unsaturated/α-hetero) is 1. The van der Waals surface area contributed by atoms with Crippen molar-refractivity contribution in [3.05, 3.63) is 74.8 Å². The van der Waals surface area contributed by atoms with Gasteiger partial charge in [0, 0.05) is 36.7 Å². The zero-order valence-electron chi connectivity index (χ0n) is 13.9. The second-order valence-electron chi connectivity index (χ2n) is 6.22. The molecule has 0 aliphatic carbocycles. The fourth-order valence-corrected chi connectivity index (χ4v) is 3.34. The Kier molecular flexibility index (Phi) is 5.32. The van der Waals surface area contributed by atoms with Gasteiger partial charge in [0.15, 0.2) is 5.78 Å². The molecule has 0 aromatic heterocycles. The Labute approximate surface area is 155 Å². The molecule has 3 rings (SSSR count). The van der Waals surface area contributed by atoms with Gasteiger partial charge in [-0.2, -0.15) is 0 Å². The van der Waals surface area contributed by atoms with Crippen molar-refractivity contribution in [3.8, 4) is 0 Å². The van der Waals surface area contributed by atoms with Crippen LogP contribution in [-0.4, -0.2) is 34.6 Å². The third kappa shape index (κ3) is 3.75. The summed E-state index contributed by atoms with van der Waals surface area (Å²) in [4.78, 5) is 37.2. The van der Waals surface area contributed by atoms with Crippen molar-refractivity contribution < 1.29 is 14.5 Å². The predicted molar refractivity (Wildman–Crippen MR) is 97.5 cm³/mol. The van der Waals surface area contributed by atoms with Crippen LogP contribution < -0.4 is 0 Å². The van der Waals surface area contributed by atoms with Gasteiger partial charge in [-0.3, -0.25) is 19.7 Å². The van der Waals surface area contributed by atoms with Crippen LogP contribution in [0.15, 0.2) is 48.5 Å². The molecule has 1 aliphatic heterocycles. The Hall–Kier alpha value is -2.73. The van der Waals surface area contributed by atoms with E-state index >= 15 is 0 Å². The summed E-state index contributed by atoms with van der Waals surface area (Å²) in [6.45, 7) is 0.836. The van der Waals surface area contributed by atoms with Gasteiger partial charge in [-0.15, -0.1) is 0 Å². The standard InChI is InChI=1S/C19H17ClN2O4/c20-17-7-6-15(22(25)26)12-16(17)19(24)21-10-8-14(9-11-21)18(23)13-4-2-1-3-5-13/h1-7,12,14H,8-11H2. The average Bonchev–Trinajstić information content (AvgIpc) is 2.68. The van der Waals surface area contributed by atoms with Crippen molar-refractivity contribution in [3.63, 3.8) is 0 Å². The van der Waals surface area contributed by atoms with Gasteiger partial charge in [0.2, 0.25) is 0 Å². The number of rotatable bonds is 4. The lowest BCUT2D eigenvalue weighted by Crippen LogP contribution is -2.40. The van der Waals surface area contributed by atoms with Gasteiger partial charge in [0.1, 0.15) is 0 Å². The Balaban J connectivity index is 1.68. The molecule has 2 aromatic rings. The van der Waals surface area contributed by atoms with Crippen molar-refractivity contribution in [2.75, 3.05) is 13.1 Å². The predicted octanol–water partition coefficient (Wildman–Crippen LogP) is 3.98. The number of nitro benzene ring substituents is 1. The number of nitro groups is 1. The van der Waals surface area contributed by atoms with E-state index in [0.717, 1.165) is 0 Å². The van der Waals surface area contributed by atoms with E-state index in [9.17, 15) is 19.7 Å². The number of ketones is 1. The smallest absolute Gasteiger partial charge is 0.270 e. The summed E-state index contributed by atoms with van der Waals surface area (Å²) in [7, 11) is 0. The molecule has 134 valence electrons. The van der Waals surface area contributed by atoms with Crippen LogP contribution in [0.25, 0.3) is 0 Å². The number of amides is 1. The molecule has 1 aliphatic rings. The molecular formula is C19H17ClN2O4. The topological polar surface area (TPSA) is 80.5 Å². The second-order valence-corrected chi connectivity index (χ2v) is 6.63. The molecule has 0 N–H and O–H groups in total. The number of halogens is 1. The molecule has 7 heteroatoms. The van der Waals surface area contributed by atoms with Crippen LogP contribution >= 0.6 is 11.6 Å². The van der Waals surface area contributed by atoms with E-state index in [1.807, 2.05) is 18.2 Å². The third-order valence-electron chi connectivity index (χ3n) is 4.60. The van der Waals surface area contributed by atoms with Gasteiger partial charge in [-0.1, -0.05) is 41.9 Å². The maximum absolute atomic E-state index is 12.7. The van der Waals surface area contributed by atoms with Crippen LogP contribution in [0.4, 0.5) is 5.69 Å². The monoisotopic (exact) mass is 372 g/mol. The van der Waals surface area contributed by atoms with E-state index in [2.05, 4.69) is 0 Å². The van der Waals surface area contributed by atoms with Crippen molar-refractivity contribution in [1.29, 1.82) is 0 Å². The van der Waals surface area contributed by atoms with E-state index in [4.69, 9.17) is 11.6 Å². The zero-order chi connectivity index (χ0) is 18.7.